The van der Waals surface area contributed by atoms with Gasteiger partial charge in [-0.05, 0) is 36.4 Å². The van der Waals surface area contributed by atoms with Gasteiger partial charge in [-0.3, -0.25) is 4.57 Å². The molecule has 0 saturated heterocycles. The molecule has 0 aliphatic heterocycles. The molecule has 0 aliphatic rings. The smallest absolute Gasteiger partial charge is 0.304 e. The van der Waals surface area contributed by atoms with Crippen molar-refractivity contribution in [2.75, 3.05) is 0 Å². The average Bonchev–Trinajstić information content (AvgIpc) is 3.63. The lowest BCUT2D eigenvalue weighted by Crippen LogP contribution is -2.12. The van der Waals surface area contributed by atoms with E-state index in [1.165, 1.54) is 5.39 Å². The Morgan fingerprint density at radius 2 is 0.957 bits per heavy atom. The third-order valence-electron chi connectivity index (χ3n) is 8.71. The molecular weight excluding hydrogens is 565 g/mol. The highest BCUT2D eigenvalue weighted by atomic mass is 16.2. The van der Waals surface area contributed by atoms with E-state index in [1.807, 2.05) is 72.8 Å². The zero-order chi connectivity index (χ0) is 30.6. The summed E-state index contributed by atoms with van der Waals surface area (Å²) in [7, 11) is -0.0444. The molecular formula is C39H26BN5O. The number of nitrogens with zero attached hydrogens (tertiary/aromatic N) is 5. The molecule has 0 amide bonds. The van der Waals surface area contributed by atoms with Crippen LogP contribution >= 0.6 is 0 Å². The third kappa shape index (κ3) is 4.14. The van der Waals surface area contributed by atoms with Crippen molar-refractivity contribution in [1.29, 1.82) is 0 Å². The molecule has 0 radical (unpaired) electrons. The summed E-state index contributed by atoms with van der Waals surface area (Å²) in [6, 6.07) is 49.7. The van der Waals surface area contributed by atoms with Gasteiger partial charge in [0.1, 0.15) is 0 Å². The summed E-state index contributed by atoms with van der Waals surface area (Å²) in [5.74, 6) is 1.75. The highest BCUT2D eigenvalue weighted by Gasteiger charge is 2.21. The lowest BCUT2D eigenvalue weighted by atomic mass is 9.88. The normalized spacial score (nSPS) is 11.6. The Kier molecular flexibility index (Phi) is 6.04. The fourth-order valence-corrected chi connectivity index (χ4v) is 6.59. The minimum atomic E-state index is -0.0444. The number of benzene rings is 6. The van der Waals surface area contributed by atoms with E-state index in [-0.39, 0.29) is 7.48 Å². The molecule has 7 heteroatoms. The largest absolute Gasteiger partial charge is 0.449 e. The number of fused-ring (bicyclic) bond motifs is 6. The van der Waals surface area contributed by atoms with E-state index in [9.17, 15) is 5.02 Å². The summed E-state index contributed by atoms with van der Waals surface area (Å²) in [4.78, 5) is 15.1. The maximum absolute atomic E-state index is 10.1. The Bertz CT molecular complexity index is 2500. The van der Waals surface area contributed by atoms with Gasteiger partial charge in [-0.1, -0.05) is 115 Å². The van der Waals surface area contributed by atoms with Crippen molar-refractivity contribution in [2.45, 2.75) is 0 Å². The maximum Gasteiger partial charge on any atom is 0.304 e. The number of para-hydroxylation sites is 2. The fourth-order valence-electron chi connectivity index (χ4n) is 6.59. The third-order valence-corrected chi connectivity index (χ3v) is 8.71. The summed E-state index contributed by atoms with van der Waals surface area (Å²) in [6.45, 7) is 0. The molecule has 6 aromatic carbocycles. The molecule has 9 rings (SSSR count). The molecule has 0 atom stereocenters. The van der Waals surface area contributed by atoms with Crippen LogP contribution in [-0.2, 0) is 0 Å². The topological polar surface area (TPSA) is 68.8 Å². The zero-order valence-corrected chi connectivity index (χ0v) is 24.7. The first kappa shape index (κ1) is 26.4. The molecule has 1 N–H and O–H groups in total. The molecule has 0 aliphatic carbocycles. The van der Waals surface area contributed by atoms with Gasteiger partial charge in [0.15, 0.2) is 11.6 Å². The summed E-state index contributed by atoms with van der Waals surface area (Å²) in [6.07, 6.45) is 0. The quantitative estimate of drug-likeness (QED) is 0.212. The number of aromatic nitrogens is 5. The number of hydrogen-bond acceptors (Lipinski definition) is 4. The highest BCUT2D eigenvalue weighted by Crippen LogP contribution is 2.39. The summed E-state index contributed by atoms with van der Waals surface area (Å²) in [5.41, 5.74) is 7.98. The van der Waals surface area contributed by atoms with Crippen LogP contribution in [0.15, 0.2) is 146 Å². The van der Waals surface area contributed by atoms with Crippen LogP contribution in [0.1, 0.15) is 0 Å². The first-order valence-corrected chi connectivity index (χ1v) is 15.3. The van der Waals surface area contributed by atoms with Gasteiger partial charge in [0.25, 0.3) is 0 Å². The van der Waals surface area contributed by atoms with Crippen molar-refractivity contribution < 1.29 is 5.02 Å². The molecule has 0 spiro atoms. The zero-order valence-electron chi connectivity index (χ0n) is 24.7. The molecule has 216 valence electrons. The fraction of sp³-hybridized carbons (Fsp3) is 0. The van der Waals surface area contributed by atoms with Crippen molar-refractivity contribution >= 4 is 56.6 Å². The van der Waals surface area contributed by atoms with Crippen LogP contribution in [0.4, 0.5) is 0 Å². The molecule has 6 nitrogen and oxygen atoms in total. The van der Waals surface area contributed by atoms with Crippen LogP contribution in [0, 0.1) is 0 Å². The molecule has 9 aromatic rings. The minimum Gasteiger partial charge on any atom is -0.449 e. The number of rotatable bonds is 5. The lowest BCUT2D eigenvalue weighted by Gasteiger charge is -2.11. The molecule has 3 aromatic heterocycles. The first-order valence-electron chi connectivity index (χ1n) is 15.3. The number of hydrogen-bond donors (Lipinski definition) is 1. The molecule has 0 fully saturated rings. The Hall–Kier alpha value is -6.05. The van der Waals surface area contributed by atoms with E-state index in [4.69, 9.17) is 15.0 Å². The molecule has 0 unspecified atom stereocenters. The Labute approximate surface area is 265 Å². The van der Waals surface area contributed by atoms with Gasteiger partial charge in [-0.15, -0.1) is 0 Å². The van der Waals surface area contributed by atoms with Gasteiger partial charge in [-0.2, -0.15) is 9.97 Å². The van der Waals surface area contributed by atoms with E-state index in [2.05, 4.69) is 81.9 Å². The van der Waals surface area contributed by atoms with E-state index in [1.54, 1.807) is 0 Å². The second-order valence-electron chi connectivity index (χ2n) is 11.4. The van der Waals surface area contributed by atoms with Crippen molar-refractivity contribution in [3.63, 3.8) is 0 Å². The highest BCUT2D eigenvalue weighted by molar-refractivity contribution is 6.46. The van der Waals surface area contributed by atoms with Crippen LogP contribution in [-0.4, -0.2) is 36.6 Å². The first-order chi connectivity index (χ1) is 22.8. The predicted octanol–water partition coefficient (Wildman–Crippen LogP) is 7.37. The van der Waals surface area contributed by atoms with Crippen LogP contribution in [0.5, 0.6) is 0 Å². The van der Waals surface area contributed by atoms with Crippen LogP contribution in [0.25, 0.3) is 78.0 Å². The summed E-state index contributed by atoms with van der Waals surface area (Å²) in [5, 5.41) is 14.5. The van der Waals surface area contributed by atoms with Crippen molar-refractivity contribution in [2.24, 2.45) is 0 Å². The van der Waals surface area contributed by atoms with Gasteiger partial charge in [0, 0.05) is 38.4 Å². The van der Waals surface area contributed by atoms with Gasteiger partial charge < -0.3 is 9.59 Å². The molecule has 3 heterocycles. The maximum atomic E-state index is 10.1. The second kappa shape index (κ2) is 10.5. The summed E-state index contributed by atoms with van der Waals surface area (Å²) >= 11 is 0. The van der Waals surface area contributed by atoms with Gasteiger partial charge in [-0.25, -0.2) is 4.98 Å². The van der Waals surface area contributed by atoms with E-state index >= 15 is 0 Å². The molecule has 0 bridgehead atoms. The Morgan fingerprint density at radius 1 is 0.435 bits per heavy atom. The van der Waals surface area contributed by atoms with Gasteiger partial charge in [0.05, 0.1) is 22.1 Å². The monoisotopic (exact) mass is 591 g/mol. The predicted molar refractivity (Wildman–Crippen MR) is 188 cm³/mol. The van der Waals surface area contributed by atoms with Crippen LogP contribution in [0.2, 0.25) is 0 Å². The van der Waals surface area contributed by atoms with Crippen LogP contribution in [0.3, 0.4) is 0 Å². The standard InChI is InChI=1S/C39H26BN5O/c46-40-27-20-21-34-30(22-27)32-24-35-31(29-18-10-11-19-33(29)44(35)28-16-8-3-9-17-28)23-36(32)45(34)39-42-37(25-12-4-1-5-13-25)41-38(43-39)26-14-6-2-7-15-26/h1-24,40,46H. The van der Waals surface area contributed by atoms with E-state index in [0.717, 1.165) is 60.5 Å². The molecule has 46 heavy (non-hydrogen) atoms. The van der Waals surface area contributed by atoms with Gasteiger partial charge >= 0.3 is 7.48 Å². The second-order valence-corrected chi connectivity index (χ2v) is 11.4. The van der Waals surface area contributed by atoms with Crippen molar-refractivity contribution in [1.82, 2.24) is 24.1 Å². The average molecular weight is 591 g/mol. The van der Waals surface area contributed by atoms with Gasteiger partial charge in [0.2, 0.25) is 5.95 Å². The Morgan fingerprint density at radius 3 is 1.61 bits per heavy atom. The summed E-state index contributed by atoms with van der Waals surface area (Å²) < 4.78 is 4.47. The van der Waals surface area contributed by atoms with E-state index < -0.39 is 0 Å². The Balaban J connectivity index is 1.41. The van der Waals surface area contributed by atoms with Crippen molar-refractivity contribution in [3.8, 4) is 34.4 Å². The minimum absolute atomic E-state index is 0.0444. The SMILES string of the molecule is OBc1ccc2c(c1)c1cc3c(cc1n2-c1nc(-c2ccccc2)nc(-c2ccccc2)n1)c1ccccc1n3-c1ccccc1. The van der Waals surface area contributed by atoms with E-state index in [0.29, 0.717) is 17.6 Å². The van der Waals surface area contributed by atoms with Crippen molar-refractivity contribution in [3.05, 3.63) is 146 Å². The lowest BCUT2D eigenvalue weighted by molar-refractivity contribution is 0.615. The van der Waals surface area contributed by atoms with Crippen LogP contribution < -0.4 is 5.46 Å². The molecule has 0 saturated carbocycles.